The van der Waals surface area contributed by atoms with Crippen LogP contribution in [-0.2, 0) is 16.6 Å². The van der Waals surface area contributed by atoms with Crippen LogP contribution in [0.2, 0.25) is 0 Å². The highest BCUT2D eigenvalue weighted by Gasteiger charge is 2.17. The lowest BCUT2D eigenvalue weighted by Gasteiger charge is -2.17. The lowest BCUT2D eigenvalue weighted by Crippen LogP contribution is -2.28. The molecule has 1 aromatic carbocycles. The van der Waals surface area contributed by atoms with E-state index in [9.17, 15) is 8.42 Å². The first-order valence-corrected chi connectivity index (χ1v) is 8.04. The van der Waals surface area contributed by atoms with Crippen LogP contribution in [0, 0.1) is 0 Å². The third-order valence-electron chi connectivity index (χ3n) is 2.52. The van der Waals surface area contributed by atoms with E-state index in [-0.39, 0.29) is 5.75 Å². The summed E-state index contributed by atoms with van der Waals surface area (Å²) in [6.45, 7) is 2.41. The number of nitrogens with zero attached hydrogens (tertiary/aromatic N) is 1. The number of benzene rings is 1. The van der Waals surface area contributed by atoms with E-state index in [4.69, 9.17) is 0 Å². The summed E-state index contributed by atoms with van der Waals surface area (Å²) in [5.74, 6) is 0.230. The minimum absolute atomic E-state index is 0.230. The fourth-order valence-electron chi connectivity index (χ4n) is 1.47. The van der Waals surface area contributed by atoms with Crippen LogP contribution in [-0.4, -0.2) is 25.5 Å². The van der Waals surface area contributed by atoms with E-state index < -0.39 is 10.0 Å². The summed E-state index contributed by atoms with van der Waals surface area (Å²) in [5.41, 5.74) is 0.988. The minimum atomic E-state index is -3.12. The lowest BCUT2D eigenvalue weighted by atomic mass is 10.2. The molecule has 0 fully saturated rings. The summed E-state index contributed by atoms with van der Waals surface area (Å²) in [5, 5.41) is 0. The molecule has 0 atom stereocenters. The minimum Gasteiger partial charge on any atom is -0.212 e. The van der Waals surface area contributed by atoms with Gasteiger partial charge in [0.1, 0.15) is 0 Å². The number of sulfonamides is 1. The highest BCUT2D eigenvalue weighted by Crippen LogP contribution is 2.14. The molecule has 0 unspecified atom stereocenters. The van der Waals surface area contributed by atoms with Crippen molar-refractivity contribution < 1.29 is 8.42 Å². The van der Waals surface area contributed by atoms with Crippen LogP contribution in [0.15, 0.2) is 28.7 Å². The first-order valence-electron chi connectivity index (χ1n) is 5.64. The van der Waals surface area contributed by atoms with Gasteiger partial charge in [-0.3, -0.25) is 0 Å². The summed E-state index contributed by atoms with van der Waals surface area (Å²) in [7, 11) is -1.48. The molecule has 0 aliphatic heterocycles. The Bertz CT molecular complexity index is 459. The Labute approximate surface area is 112 Å². The molecular formula is C12H18BrNO2S. The van der Waals surface area contributed by atoms with Gasteiger partial charge in [-0.2, -0.15) is 0 Å². The molecule has 1 rings (SSSR count). The second-order valence-corrected chi connectivity index (χ2v) is 7.17. The van der Waals surface area contributed by atoms with Crippen molar-refractivity contribution in [3.63, 3.8) is 0 Å². The number of rotatable bonds is 6. The van der Waals surface area contributed by atoms with Gasteiger partial charge in [0.15, 0.2) is 0 Å². The first-order chi connectivity index (χ1) is 7.95. The molecular weight excluding hydrogens is 302 g/mol. The second kappa shape index (κ2) is 6.52. The van der Waals surface area contributed by atoms with Crippen LogP contribution in [0.4, 0.5) is 0 Å². The van der Waals surface area contributed by atoms with Crippen LogP contribution in [0.5, 0.6) is 0 Å². The average Bonchev–Trinajstić information content (AvgIpc) is 2.26. The van der Waals surface area contributed by atoms with Crippen LogP contribution >= 0.6 is 15.9 Å². The molecule has 0 saturated carbocycles. The van der Waals surface area contributed by atoms with Crippen LogP contribution in [0.1, 0.15) is 25.3 Å². The number of hydrogen-bond donors (Lipinski definition) is 0. The Morgan fingerprint density at radius 2 is 2.06 bits per heavy atom. The van der Waals surface area contributed by atoms with E-state index in [1.165, 1.54) is 4.31 Å². The third-order valence-corrected chi connectivity index (χ3v) is 4.90. The van der Waals surface area contributed by atoms with Gasteiger partial charge < -0.3 is 0 Å². The first kappa shape index (κ1) is 14.7. The molecule has 96 valence electrons. The predicted molar refractivity (Wildman–Crippen MR) is 74.3 cm³/mol. The Morgan fingerprint density at radius 3 is 2.65 bits per heavy atom. The van der Waals surface area contributed by atoms with Crippen LogP contribution in [0.3, 0.4) is 0 Å². The SMILES string of the molecule is CCCCS(=O)(=O)N(C)Cc1cccc(Br)c1. The highest BCUT2D eigenvalue weighted by molar-refractivity contribution is 9.10. The maximum absolute atomic E-state index is 11.9. The van der Waals surface area contributed by atoms with Gasteiger partial charge in [-0.05, 0) is 24.1 Å². The standard InChI is InChI=1S/C12H18BrNO2S/c1-3-4-8-17(15,16)14(2)10-11-6-5-7-12(13)9-11/h5-7,9H,3-4,8,10H2,1-2H3. The molecule has 3 nitrogen and oxygen atoms in total. The monoisotopic (exact) mass is 319 g/mol. The van der Waals surface area contributed by atoms with E-state index in [1.807, 2.05) is 31.2 Å². The third kappa shape index (κ3) is 4.77. The fraction of sp³-hybridized carbons (Fsp3) is 0.500. The molecule has 17 heavy (non-hydrogen) atoms. The smallest absolute Gasteiger partial charge is 0.212 e. The Hall–Kier alpha value is -0.390. The predicted octanol–water partition coefficient (Wildman–Crippen LogP) is 3.01. The molecule has 0 aromatic heterocycles. The van der Waals surface area contributed by atoms with Gasteiger partial charge in [0.05, 0.1) is 5.75 Å². The van der Waals surface area contributed by atoms with E-state index >= 15 is 0 Å². The lowest BCUT2D eigenvalue weighted by molar-refractivity contribution is 0.465. The molecule has 1 aromatic rings. The maximum Gasteiger partial charge on any atom is 0.214 e. The summed E-state index contributed by atoms with van der Waals surface area (Å²) < 4.78 is 26.2. The molecule has 0 bridgehead atoms. The average molecular weight is 320 g/mol. The van der Waals surface area contributed by atoms with Crippen LogP contribution < -0.4 is 0 Å². The summed E-state index contributed by atoms with van der Waals surface area (Å²) in [6.07, 6.45) is 1.61. The van der Waals surface area contributed by atoms with Gasteiger partial charge in [0.2, 0.25) is 10.0 Å². The van der Waals surface area contributed by atoms with Crippen molar-refractivity contribution >= 4 is 26.0 Å². The Balaban J connectivity index is 2.68. The topological polar surface area (TPSA) is 37.4 Å². The quantitative estimate of drug-likeness (QED) is 0.808. The van der Waals surface area contributed by atoms with E-state index in [0.717, 1.165) is 16.5 Å². The van der Waals surface area contributed by atoms with Crippen molar-refractivity contribution in [1.29, 1.82) is 0 Å². The highest BCUT2D eigenvalue weighted by atomic mass is 79.9. The molecule has 0 heterocycles. The van der Waals surface area contributed by atoms with Gasteiger partial charge in [0.25, 0.3) is 0 Å². The number of unbranched alkanes of at least 4 members (excludes halogenated alkanes) is 1. The zero-order valence-corrected chi connectivity index (χ0v) is 12.6. The zero-order chi connectivity index (χ0) is 12.9. The largest absolute Gasteiger partial charge is 0.214 e. The Morgan fingerprint density at radius 1 is 1.35 bits per heavy atom. The molecule has 0 radical (unpaired) electrons. The van der Waals surface area contributed by atoms with Gasteiger partial charge >= 0.3 is 0 Å². The Kier molecular flexibility index (Phi) is 5.62. The van der Waals surface area contributed by atoms with Crippen molar-refractivity contribution in [2.75, 3.05) is 12.8 Å². The van der Waals surface area contributed by atoms with Gasteiger partial charge in [0, 0.05) is 18.1 Å². The zero-order valence-electron chi connectivity index (χ0n) is 10.2. The van der Waals surface area contributed by atoms with E-state index in [0.29, 0.717) is 13.0 Å². The summed E-state index contributed by atoms with van der Waals surface area (Å²) in [4.78, 5) is 0. The molecule has 5 heteroatoms. The fourth-order valence-corrected chi connectivity index (χ4v) is 3.23. The van der Waals surface area contributed by atoms with Crippen molar-refractivity contribution in [3.05, 3.63) is 34.3 Å². The maximum atomic E-state index is 11.9. The van der Waals surface area contributed by atoms with Crippen molar-refractivity contribution in [1.82, 2.24) is 4.31 Å². The second-order valence-electron chi connectivity index (χ2n) is 4.06. The van der Waals surface area contributed by atoms with Crippen molar-refractivity contribution in [2.24, 2.45) is 0 Å². The van der Waals surface area contributed by atoms with Crippen molar-refractivity contribution in [2.45, 2.75) is 26.3 Å². The molecule has 0 spiro atoms. The number of halogens is 1. The van der Waals surface area contributed by atoms with Gasteiger partial charge in [-0.15, -0.1) is 0 Å². The number of hydrogen-bond acceptors (Lipinski definition) is 2. The molecule has 0 amide bonds. The molecule has 0 N–H and O–H groups in total. The van der Waals surface area contributed by atoms with Crippen molar-refractivity contribution in [3.8, 4) is 0 Å². The normalized spacial score (nSPS) is 12.0. The van der Waals surface area contributed by atoms with E-state index in [1.54, 1.807) is 7.05 Å². The molecule has 0 aliphatic rings. The molecule has 0 aliphatic carbocycles. The van der Waals surface area contributed by atoms with E-state index in [2.05, 4.69) is 15.9 Å². The summed E-state index contributed by atoms with van der Waals surface area (Å²) >= 11 is 3.38. The molecule has 0 saturated heterocycles. The van der Waals surface area contributed by atoms with Gasteiger partial charge in [-0.25, -0.2) is 12.7 Å². The summed E-state index contributed by atoms with van der Waals surface area (Å²) in [6, 6.07) is 7.70. The van der Waals surface area contributed by atoms with Crippen LogP contribution in [0.25, 0.3) is 0 Å². The van der Waals surface area contributed by atoms with Gasteiger partial charge in [-0.1, -0.05) is 41.4 Å².